The van der Waals surface area contributed by atoms with Crippen molar-refractivity contribution in [3.8, 4) is 0 Å². The molecule has 0 fully saturated rings. The SMILES string of the molecule is CC1c2ccsc2CCN1C(=O)c1cc(Cl)ncc1Cl. The zero-order valence-electron chi connectivity index (χ0n) is 10.8. The van der Waals surface area contributed by atoms with E-state index in [1.165, 1.54) is 22.7 Å². The largest absolute Gasteiger partial charge is 0.331 e. The fourth-order valence-corrected chi connectivity index (χ4v) is 3.82. The molecular formula is C14H12Cl2N2OS. The number of pyridine rings is 1. The van der Waals surface area contributed by atoms with Crippen LogP contribution in [0.2, 0.25) is 10.2 Å². The third-order valence-corrected chi connectivity index (χ3v) is 5.09. The zero-order chi connectivity index (χ0) is 14.3. The number of carbonyl (C=O) groups excluding carboxylic acids is 1. The van der Waals surface area contributed by atoms with Crippen LogP contribution in [0.4, 0.5) is 0 Å². The lowest BCUT2D eigenvalue weighted by atomic mass is 10.0. The molecular weight excluding hydrogens is 315 g/mol. The summed E-state index contributed by atoms with van der Waals surface area (Å²) < 4.78 is 0. The Balaban J connectivity index is 1.94. The van der Waals surface area contributed by atoms with E-state index in [0.29, 0.717) is 17.1 Å². The average molecular weight is 327 g/mol. The minimum absolute atomic E-state index is 0.0560. The van der Waals surface area contributed by atoms with Crippen molar-refractivity contribution in [3.63, 3.8) is 0 Å². The zero-order valence-corrected chi connectivity index (χ0v) is 13.1. The molecule has 0 spiro atoms. The van der Waals surface area contributed by atoms with E-state index in [1.807, 2.05) is 11.8 Å². The van der Waals surface area contributed by atoms with E-state index < -0.39 is 0 Å². The first-order valence-electron chi connectivity index (χ1n) is 6.26. The molecule has 0 bridgehead atoms. The first-order chi connectivity index (χ1) is 9.58. The van der Waals surface area contributed by atoms with Gasteiger partial charge in [-0.15, -0.1) is 11.3 Å². The van der Waals surface area contributed by atoms with Crippen molar-refractivity contribution in [2.24, 2.45) is 0 Å². The van der Waals surface area contributed by atoms with Crippen molar-refractivity contribution < 1.29 is 4.79 Å². The Morgan fingerprint density at radius 2 is 2.30 bits per heavy atom. The van der Waals surface area contributed by atoms with E-state index in [1.54, 1.807) is 11.3 Å². The van der Waals surface area contributed by atoms with E-state index in [0.717, 1.165) is 6.42 Å². The maximum Gasteiger partial charge on any atom is 0.256 e. The molecule has 20 heavy (non-hydrogen) atoms. The number of amides is 1. The van der Waals surface area contributed by atoms with Gasteiger partial charge in [0.15, 0.2) is 0 Å². The number of carbonyl (C=O) groups is 1. The lowest BCUT2D eigenvalue weighted by molar-refractivity contribution is 0.0679. The highest BCUT2D eigenvalue weighted by atomic mass is 35.5. The fraction of sp³-hybridized carbons (Fsp3) is 0.286. The molecule has 0 saturated heterocycles. The quantitative estimate of drug-likeness (QED) is 0.735. The predicted molar refractivity (Wildman–Crippen MR) is 81.7 cm³/mol. The van der Waals surface area contributed by atoms with Crippen molar-refractivity contribution in [2.75, 3.05) is 6.54 Å². The van der Waals surface area contributed by atoms with E-state index in [2.05, 4.69) is 16.4 Å². The van der Waals surface area contributed by atoms with Gasteiger partial charge in [0.25, 0.3) is 5.91 Å². The van der Waals surface area contributed by atoms with Crippen molar-refractivity contribution in [3.05, 3.63) is 49.9 Å². The topological polar surface area (TPSA) is 33.2 Å². The minimum atomic E-state index is -0.0938. The number of fused-ring (bicyclic) bond motifs is 1. The Morgan fingerprint density at radius 3 is 3.10 bits per heavy atom. The summed E-state index contributed by atoms with van der Waals surface area (Å²) in [7, 11) is 0. The van der Waals surface area contributed by atoms with Gasteiger partial charge in [0.1, 0.15) is 5.15 Å². The van der Waals surface area contributed by atoms with E-state index in [4.69, 9.17) is 23.2 Å². The molecule has 1 unspecified atom stereocenters. The highest BCUT2D eigenvalue weighted by molar-refractivity contribution is 7.10. The summed E-state index contributed by atoms with van der Waals surface area (Å²) in [6, 6.07) is 3.67. The maximum absolute atomic E-state index is 12.7. The third kappa shape index (κ3) is 2.32. The summed E-state index contributed by atoms with van der Waals surface area (Å²) in [4.78, 5) is 19.8. The van der Waals surface area contributed by atoms with Crippen molar-refractivity contribution in [1.82, 2.24) is 9.88 Å². The molecule has 0 N–H and O–H groups in total. The lowest BCUT2D eigenvalue weighted by Gasteiger charge is -2.33. The Morgan fingerprint density at radius 1 is 1.50 bits per heavy atom. The first kappa shape index (κ1) is 13.9. The second-order valence-electron chi connectivity index (χ2n) is 4.71. The third-order valence-electron chi connectivity index (χ3n) is 3.59. The monoisotopic (exact) mass is 326 g/mol. The van der Waals surface area contributed by atoms with Gasteiger partial charge in [0.2, 0.25) is 0 Å². The molecule has 2 aromatic rings. The molecule has 104 valence electrons. The van der Waals surface area contributed by atoms with Gasteiger partial charge < -0.3 is 4.90 Å². The van der Waals surface area contributed by atoms with E-state index in [-0.39, 0.29) is 17.1 Å². The summed E-state index contributed by atoms with van der Waals surface area (Å²) >= 11 is 13.7. The van der Waals surface area contributed by atoms with Gasteiger partial charge >= 0.3 is 0 Å². The van der Waals surface area contributed by atoms with Gasteiger partial charge in [-0.25, -0.2) is 4.98 Å². The summed E-state index contributed by atoms with van der Waals surface area (Å²) in [5.74, 6) is -0.0938. The number of thiophene rings is 1. The van der Waals surface area contributed by atoms with Gasteiger partial charge in [-0.2, -0.15) is 0 Å². The summed E-state index contributed by atoms with van der Waals surface area (Å²) in [6.07, 6.45) is 2.31. The highest BCUT2D eigenvalue weighted by Crippen LogP contribution is 2.34. The summed E-state index contributed by atoms with van der Waals surface area (Å²) in [6.45, 7) is 2.74. The van der Waals surface area contributed by atoms with Gasteiger partial charge in [0.05, 0.1) is 16.6 Å². The van der Waals surface area contributed by atoms with Crippen LogP contribution < -0.4 is 0 Å². The van der Waals surface area contributed by atoms with Gasteiger partial charge in [-0.3, -0.25) is 4.79 Å². The molecule has 0 aromatic carbocycles. The van der Waals surface area contributed by atoms with Crippen LogP contribution in [0, 0.1) is 0 Å². The van der Waals surface area contributed by atoms with Gasteiger partial charge in [-0.05, 0) is 36.4 Å². The van der Waals surface area contributed by atoms with E-state index >= 15 is 0 Å². The molecule has 0 radical (unpaired) electrons. The number of aromatic nitrogens is 1. The van der Waals surface area contributed by atoms with Crippen molar-refractivity contribution >= 4 is 40.4 Å². The van der Waals surface area contributed by atoms with Crippen LogP contribution in [0.3, 0.4) is 0 Å². The summed E-state index contributed by atoms with van der Waals surface area (Å²) in [5.41, 5.74) is 1.64. The minimum Gasteiger partial charge on any atom is -0.331 e. The number of rotatable bonds is 1. The molecule has 3 rings (SSSR count). The molecule has 1 atom stereocenters. The van der Waals surface area contributed by atoms with Crippen LogP contribution in [0.25, 0.3) is 0 Å². The molecule has 1 amide bonds. The Labute approximate surface area is 131 Å². The number of halogens is 2. The van der Waals surface area contributed by atoms with Crippen LogP contribution >= 0.6 is 34.5 Å². The molecule has 6 heteroatoms. The lowest BCUT2D eigenvalue weighted by Crippen LogP contribution is -2.38. The van der Waals surface area contributed by atoms with Crippen LogP contribution in [0.1, 0.15) is 33.8 Å². The average Bonchev–Trinajstić information content (AvgIpc) is 2.90. The molecule has 2 aromatic heterocycles. The predicted octanol–water partition coefficient (Wildman–Crippen LogP) is 4.21. The Hall–Kier alpha value is -1.10. The fourth-order valence-electron chi connectivity index (χ4n) is 2.52. The van der Waals surface area contributed by atoms with Gasteiger partial charge in [-0.1, -0.05) is 23.2 Å². The first-order valence-corrected chi connectivity index (χ1v) is 7.89. The highest BCUT2D eigenvalue weighted by Gasteiger charge is 2.30. The summed E-state index contributed by atoms with van der Waals surface area (Å²) in [5, 5.41) is 2.69. The molecule has 1 aliphatic heterocycles. The van der Waals surface area contributed by atoms with Crippen LogP contribution in [-0.4, -0.2) is 22.3 Å². The van der Waals surface area contributed by atoms with Crippen molar-refractivity contribution in [2.45, 2.75) is 19.4 Å². The van der Waals surface area contributed by atoms with Crippen molar-refractivity contribution in [1.29, 1.82) is 0 Å². The number of hydrogen-bond donors (Lipinski definition) is 0. The standard InChI is InChI=1S/C14H12Cl2N2OS/c1-8-9-3-5-20-12(9)2-4-18(8)14(19)10-6-13(16)17-7-11(10)15/h3,5-8H,2,4H2,1H3. The molecule has 1 aliphatic rings. The second kappa shape index (κ2) is 5.35. The Kier molecular flexibility index (Phi) is 3.71. The number of hydrogen-bond acceptors (Lipinski definition) is 3. The van der Waals surface area contributed by atoms with Crippen LogP contribution in [0.15, 0.2) is 23.7 Å². The molecule has 3 nitrogen and oxygen atoms in total. The maximum atomic E-state index is 12.7. The van der Waals surface area contributed by atoms with Gasteiger partial charge in [0, 0.05) is 17.6 Å². The van der Waals surface area contributed by atoms with Crippen LogP contribution in [-0.2, 0) is 6.42 Å². The smallest absolute Gasteiger partial charge is 0.256 e. The molecule has 3 heterocycles. The number of nitrogens with zero attached hydrogens (tertiary/aromatic N) is 2. The normalized spacial score (nSPS) is 17.9. The van der Waals surface area contributed by atoms with E-state index in [9.17, 15) is 4.79 Å². The second-order valence-corrected chi connectivity index (χ2v) is 6.51. The molecule has 0 aliphatic carbocycles. The molecule has 0 saturated carbocycles. The van der Waals surface area contributed by atoms with Crippen LogP contribution in [0.5, 0.6) is 0 Å². The Bertz CT molecular complexity index is 671.